The van der Waals surface area contributed by atoms with Gasteiger partial charge < -0.3 is 9.47 Å². The zero-order valence-corrected chi connectivity index (χ0v) is 15.4. The van der Waals surface area contributed by atoms with Crippen molar-refractivity contribution in [3.63, 3.8) is 0 Å². The Balaban J connectivity index is 2.06. The largest absolute Gasteiger partial charge is 0.488 e. The Labute approximate surface area is 150 Å². The maximum atomic E-state index is 11.5. The highest BCUT2D eigenvalue weighted by molar-refractivity contribution is 9.10. The second-order valence-electron chi connectivity index (χ2n) is 5.22. The SMILES string of the molecule is CCOC(=O)CC(C)=Nc1ccc(Br)c(OCc2ccccc2)c1. The van der Waals surface area contributed by atoms with Crippen LogP contribution in [0.15, 0.2) is 58.0 Å². The zero-order valence-electron chi connectivity index (χ0n) is 13.8. The van der Waals surface area contributed by atoms with E-state index in [0.29, 0.717) is 24.7 Å². The average molecular weight is 390 g/mol. The first-order valence-corrected chi connectivity index (χ1v) is 8.54. The summed E-state index contributed by atoms with van der Waals surface area (Å²) in [6.07, 6.45) is 0.185. The van der Waals surface area contributed by atoms with Crippen molar-refractivity contribution in [2.45, 2.75) is 26.9 Å². The molecule has 126 valence electrons. The minimum Gasteiger partial charge on any atom is -0.488 e. The Kier molecular flexibility index (Phi) is 7.00. The number of ether oxygens (including phenoxy) is 2. The van der Waals surface area contributed by atoms with E-state index in [9.17, 15) is 4.79 Å². The van der Waals surface area contributed by atoms with E-state index in [4.69, 9.17) is 9.47 Å². The van der Waals surface area contributed by atoms with Gasteiger partial charge in [-0.25, -0.2) is 0 Å². The van der Waals surface area contributed by atoms with Crippen LogP contribution in [0.25, 0.3) is 0 Å². The molecule has 24 heavy (non-hydrogen) atoms. The summed E-state index contributed by atoms with van der Waals surface area (Å²) in [5, 5.41) is 0. The van der Waals surface area contributed by atoms with E-state index in [1.165, 1.54) is 0 Å². The molecule has 0 N–H and O–H groups in total. The van der Waals surface area contributed by atoms with Crippen LogP contribution in [0.1, 0.15) is 25.8 Å². The highest BCUT2D eigenvalue weighted by Crippen LogP contribution is 2.30. The van der Waals surface area contributed by atoms with Gasteiger partial charge >= 0.3 is 5.97 Å². The summed E-state index contributed by atoms with van der Waals surface area (Å²) in [6.45, 7) is 4.45. The van der Waals surface area contributed by atoms with Crippen LogP contribution >= 0.6 is 15.9 Å². The molecule has 2 rings (SSSR count). The summed E-state index contributed by atoms with van der Waals surface area (Å²) in [5.41, 5.74) is 2.53. The number of carbonyl (C=O) groups excluding carboxylic acids is 1. The van der Waals surface area contributed by atoms with Gasteiger partial charge in [0.2, 0.25) is 0 Å². The monoisotopic (exact) mass is 389 g/mol. The predicted octanol–water partition coefficient (Wildman–Crippen LogP) is 5.07. The van der Waals surface area contributed by atoms with Crippen LogP contribution in [0.4, 0.5) is 5.69 Å². The quantitative estimate of drug-likeness (QED) is 0.490. The average Bonchev–Trinajstić information content (AvgIpc) is 2.56. The number of hydrogen-bond acceptors (Lipinski definition) is 4. The van der Waals surface area contributed by atoms with Gasteiger partial charge in [-0.05, 0) is 47.5 Å². The van der Waals surface area contributed by atoms with E-state index in [1.807, 2.05) is 55.5 Å². The molecule has 0 bridgehead atoms. The Morgan fingerprint density at radius 1 is 1.17 bits per heavy atom. The number of aliphatic imine (C=N–C) groups is 1. The standard InChI is InChI=1S/C19H20BrNO3/c1-3-23-19(22)11-14(2)21-16-9-10-17(20)18(12-16)24-13-15-7-5-4-6-8-15/h4-10,12H,3,11,13H2,1-2H3. The van der Waals surface area contributed by atoms with Crippen molar-refractivity contribution in [3.8, 4) is 5.75 Å². The van der Waals surface area contributed by atoms with Crippen LogP contribution in [0.2, 0.25) is 0 Å². The van der Waals surface area contributed by atoms with Gasteiger partial charge in [-0.15, -0.1) is 0 Å². The smallest absolute Gasteiger partial charge is 0.311 e. The topological polar surface area (TPSA) is 47.9 Å². The van der Waals surface area contributed by atoms with Crippen LogP contribution < -0.4 is 4.74 Å². The van der Waals surface area contributed by atoms with Gasteiger partial charge in [-0.3, -0.25) is 9.79 Å². The van der Waals surface area contributed by atoms with E-state index >= 15 is 0 Å². The molecule has 0 fully saturated rings. The molecule has 0 aromatic heterocycles. The van der Waals surface area contributed by atoms with Crippen LogP contribution in [0.3, 0.4) is 0 Å². The van der Waals surface area contributed by atoms with Crippen molar-refractivity contribution in [2.75, 3.05) is 6.61 Å². The maximum absolute atomic E-state index is 11.5. The lowest BCUT2D eigenvalue weighted by atomic mass is 10.2. The van der Waals surface area contributed by atoms with Crippen LogP contribution in [-0.4, -0.2) is 18.3 Å². The molecule has 0 saturated heterocycles. The van der Waals surface area contributed by atoms with Gasteiger partial charge in [0, 0.05) is 11.8 Å². The molecule has 0 aliphatic heterocycles. The number of esters is 1. The van der Waals surface area contributed by atoms with Gasteiger partial charge in [0.05, 0.1) is 23.2 Å². The Morgan fingerprint density at radius 2 is 1.92 bits per heavy atom. The Hall–Kier alpha value is -2.14. The molecule has 0 aliphatic carbocycles. The normalized spacial score (nSPS) is 11.2. The van der Waals surface area contributed by atoms with Crippen molar-refractivity contribution in [1.82, 2.24) is 0 Å². The first-order valence-electron chi connectivity index (χ1n) is 7.74. The molecule has 2 aromatic carbocycles. The summed E-state index contributed by atoms with van der Waals surface area (Å²) in [7, 11) is 0. The second-order valence-corrected chi connectivity index (χ2v) is 6.07. The molecule has 5 heteroatoms. The summed E-state index contributed by atoms with van der Waals surface area (Å²) in [6, 6.07) is 15.6. The van der Waals surface area contributed by atoms with Crippen LogP contribution in [-0.2, 0) is 16.1 Å². The molecule has 2 aromatic rings. The van der Waals surface area contributed by atoms with Crippen molar-refractivity contribution < 1.29 is 14.3 Å². The lowest BCUT2D eigenvalue weighted by Crippen LogP contribution is -2.08. The van der Waals surface area contributed by atoms with E-state index in [2.05, 4.69) is 20.9 Å². The van der Waals surface area contributed by atoms with Crippen molar-refractivity contribution in [2.24, 2.45) is 4.99 Å². The number of nitrogens with zero attached hydrogens (tertiary/aromatic N) is 1. The van der Waals surface area contributed by atoms with E-state index in [0.717, 1.165) is 15.7 Å². The van der Waals surface area contributed by atoms with E-state index < -0.39 is 0 Å². The molecule has 0 aliphatic rings. The molecule has 0 spiro atoms. The van der Waals surface area contributed by atoms with Crippen LogP contribution in [0.5, 0.6) is 5.75 Å². The molecular formula is C19H20BrNO3. The second kappa shape index (κ2) is 9.23. The van der Waals surface area contributed by atoms with Gasteiger partial charge in [0.15, 0.2) is 0 Å². The fourth-order valence-electron chi connectivity index (χ4n) is 2.09. The molecule has 4 nitrogen and oxygen atoms in total. The van der Waals surface area contributed by atoms with Crippen LogP contribution in [0, 0.1) is 0 Å². The molecule has 0 unspecified atom stereocenters. The first-order chi connectivity index (χ1) is 11.6. The first kappa shape index (κ1) is 18.2. The number of benzene rings is 2. The third-order valence-corrected chi connectivity index (χ3v) is 3.83. The predicted molar refractivity (Wildman–Crippen MR) is 98.9 cm³/mol. The van der Waals surface area contributed by atoms with Crippen molar-refractivity contribution in [1.29, 1.82) is 0 Å². The molecular weight excluding hydrogens is 370 g/mol. The molecule has 0 radical (unpaired) electrons. The molecule has 0 atom stereocenters. The molecule has 0 saturated carbocycles. The third-order valence-electron chi connectivity index (χ3n) is 3.18. The number of carbonyl (C=O) groups is 1. The zero-order chi connectivity index (χ0) is 17.4. The Bertz CT molecular complexity index is 714. The maximum Gasteiger partial charge on any atom is 0.311 e. The summed E-state index contributed by atoms with van der Waals surface area (Å²) < 4.78 is 11.6. The molecule has 0 heterocycles. The highest BCUT2D eigenvalue weighted by Gasteiger charge is 2.06. The minimum atomic E-state index is -0.267. The molecule has 0 amide bonds. The van der Waals surface area contributed by atoms with E-state index in [1.54, 1.807) is 6.92 Å². The van der Waals surface area contributed by atoms with Gasteiger partial charge in [-0.1, -0.05) is 30.3 Å². The fraction of sp³-hybridized carbons (Fsp3) is 0.263. The van der Waals surface area contributed by atoms with E-state index in [-0.39, 0.29) is 12.4 Å². The van der Waals surface area contributed by atoms with Gasteiger partial charge in [0.1, 0.15) is 12.4 Å². The lowest BCUT2D eigenvalue weighted by molar-refractivity contribution is -0.141. The Morgan fingerprint density at radius 3 is 2.62 bits per heavy atom. The summed E-state index contributed by atoms with van der Waals surface area (Å²) in [5.74, 6) is 0.445. The number of halogens is 1. The number of rotatable bonds is 7. The summed E-state index contributed by atoms with van der Waals surface area (Å²) >= 11 is 3.48. The fourth-order valence-corrected chi connectivity index (χ4v) is 2.45. The highest BCUT2D eigenvalue weighted by atomic mass is 79.9. The summed E-state index contributed by atoms with van der Waals surface area (Å²) in [4.78, 5) is 15.9. The lowest BCUT2D eigenvalue weighted by Gasteiger charge is -2.09. The third kappa shape index (κ3) is 5.81. The van der Waals surface area contributed by atoms with Gasteiger partial charge in [-0.2, -0.15) is 0 Å². The van der Waals surface area contributed by atoms with Gasteiger partial charge in [0.25, 0.3) is 0 Å². The number of hydrogen-bond donors (Lipinski definition) is 0. The minimum absolute atomic E-state index is 0.185. The van der Waals surface area contributed by atoms with Crippen molar-refractivity contribution >= 4 is 33.3 Å². The van der Waals surface area contributed by atoms with Crippen molar-refractivity contribution in [3.05, 3.63) is 58.6 Å².